The summed E-state index contributed by atoms with van der Waals surface area (Å²) in [5.41, 5.74) is 6.30. The predicted molar refractivity (Wildman–Crippen MR) is 60.4 cm³/mol. The van der Waals surface area contributed by atoms with E-state index in [0.29, 0.717) is 0 Å². The van der Waals surface area contributed by atoms with E-state index in [-0.39, 0.29) is 0 Å². The van der Waals surface area contributed by atoms with Gasteiger partial charge < -0.3 is 0 Å². The largest absolute Gasteiger partial charge is 0.0836 e. The molecule has 14 heavy (non-hydrogen) atoms. The summed E-state index contributed by atoms with van der Waals surface area (Å²) in [7, 11) is 0. The fourth-order valence-corrected chi connectivity index (χ4v) is 2.68. The quantitative estimate of drug-likeness (QED) is 0.578. The smallest absolute Gasteiger partial charge is 0.0225 e. The minimum absolute atomic E-state index is 1.23. The number of aryl methyl sites for hydroxylation is 3. The Morgan fingerprint density at radius 3 is 2.43 bits per heavy atom. The van der Waals surface area contributed by atoms with E-state index in [9.17, 15) is 0 Å². The zero-order valence-corrected chi connectivity index (χ0v) is 8.55. The van der Waals surface area contributed by atoms with Crippen molar-refractivity contribution < 1.29 is 0 Å². The number of allylic oxidation sites excluding steroid dienone is 1. The number of hydrogen-bond acceptors (Lipinski definition) is 0. The molecule has 1 aromatic carbocycles. The van der Waals surface area contributed by atoms with Crippen molar-refractivity contribution in [3.05, 3.63) is 40.5 Å². The molecule has 0 heterocycles. The van der Waals surface area contributed by atoms with Crippen molar-refractivity contribution in [1.82, 2.24) is 0 Å². The third kappa shape index (κ3) is 1.30. The van der Waals surface area contributed by atoms with Crippen LogP contribution in [-0.2, 0) is 19.3 Å². The summed E-state index contributed by atoms with van der Waals surface area (Å²) in [6, 6.07) is 4.90. The van der Waals surface area contributed by atoms with Crippen molar-refractivity contribution in [2.24, 2.45) is 0 Å². The van der Waals surface area contributed by atoms with Gasteiger partial charge in [-0.25, -0.2) is 0 Å². The van der Waals surface area contributed by atoms with Gasteiger partial charge in [-0.3, -0.25) is 0 Å². The van der Waals surface area contributed by atoms with Crippen molar-refractivity contribution in [1.29, 1.82) is 0 Å². The van der Waals surface area contributed by atoms with E-state index in [1.165, 1.54) is 44.1 Å². The molecule has 2 aliphatic carbocycles. The van der Waals surface area contributed by atoms with Crippen molar-refractivity contribution in [2.45, 2.75) is 38.5 Å². The first-order valence-electron chi connectivity index (χ1n) is 5.75. The summed E-state index contributed by atoms with van der Waals surface area (Å²) < 4.78 is 0. The number of benzene rings is 1. The van der Waals surface area contributed by atoms with Crippen LogP contribution in [0.3, 0.4) is 0 Å². The summed E-state index contributed by atoms with van der Waals surface area (Å²) >= 11 is 0. The van der Waals surface area contributed by atoms with Crippen LogP contribution in [0.1, 0.15) is 41.5 Å². The molecule has 0 radical (unpaired) electrons. The fraction of sp³-hybridized carbons (Fsp3) is 0.429. The molecular formula is C14H16. The lowest BCUT2D eigenvalue weighted by Gasteiger charge is -2.20. The molecule has 0 unspecified atom stereocenters. The van der Waals surface area contributed by atoms with Crippen LogP contribution in [0.15, 0.2) is 18.2 Å². The van der Waals surface area contributed by atoms with Crippen LogP contribution in [-0.4, -0.2) is 0 Å². The van der Waals surface area contributed by atoms with Gasteiger partial charge in [-0.1, -0.05) is 24.3 Å². The molecule has 0 nitrogen and oxygen atoms in total. The molecule has 0 fully saturated rings. The van der Waals surface area contributed by atoms with Crippen LogP contribution in [0.4, 0.5) is 0 Å². The van der Waals surface area contributed by atoms with Gasteiger partial charge in [0.25, 0.3) is 0 Å². The minimum atomic E-state index is 1.23. The molecule has 2 aliphatic rings. The highest BCUT2D eigenvalue weighted by Crippen LogP contribution is 2.28. The SMILES string of the molecule is C1=Cc2cc3c(cc2CC1)CCCC3. The lowest BCUT2D eigenvalue weighted by molar-refractivity contribution is 0.683. The van der Waals surface area contributed by atoms with Gasteiger partial charge in [-0.15, -0.1) is 0 Å². The highest BCUT2D eigenvalue weighted by atomic mass is 14.2. The topological polar surface area (TPSA) is 0 Å². The number of fused-ring (bicyclic) bond motifs is 2. The lowest BCUT2D eigenvalue weighted by atomic mass is 9.85. The molecule has 72 valence electrons. The summed E-state index contributed by atoms with van der Waals surface area (Å²) in [6.07, 6.45) is 12.5. The maximum absolute atomic E-state index is 2.47. The molecule has 3 rings (SSSR count). The van der Waals surface area contributed by atoms with Gasteiger partial charge in [0.15, 0.2) is 0 Å². The number of rotatable bonds is 0. The third-order valence-electron chi connectivity index (χ3n) is 3.48. The molecule has 0 spiro atoms. The van der Waals surface area contributed by atoms with Crippen molar-refractivity contribution in [3.8, 4) is 0 Å². The van der Waals surface area contributed by atoms with Crippen molar-refractivity contribution in [2.75, 3.05) is 0 Å². The van der Waals surface area contributed by atoms with E-state index < -0.39 is 0 Å². The Hall–Kier alpha value is -1.04. The Bertz CT molecular complexity index is 385. The molecular weight excluding hydrogens is 168 g/mol. The molecule has 0 heteroatoms. The maximum Gasteiger partial charge on any atom is -0.0225 e. The third-order valence-corrected chi connectivity index (χ3v) is 3.48. The van der Waals surface area contributed by atoms with Gasteiger partial charge in [0.2, 0.25) is 0 Å². The van der Waals surface area contributed by atoms with Crippen LogP contribution in [0.5, 0.6) is 0 Å². The zero-order valence-electron chi connectivity index (χ0n) is 8.55. The maximum atomic E-state index is 2.47. The Balaban J connectivity index is 2.12. The minimum Gasteiger partial charge on any atom is -0.0836 e. The molecule has 0 N–H and O–H groups in total. The van der Waals surface area contributed by atoms with Gasteiger partial charge in [-0.05, 0) is 60.8 Å². The van der Waals surface area contributed by atoms with Crippen molar-refractivity contribution >= 4 is 6.08 Å². The first-order valence-corrected chi connectivity index (χ1v) is 5.75. The summed E-state index contributed by atoms with van der Waals surface area (Å²) in [6.45, 7) is 0. The molecule has 0 saturated carbocycles. The van der Waals surface area contributed by atoms with E-state index in [1.54, 1.807) is 16.7 Å². The first kappa shape index (κ1) is 8.28. The lowest BCUT2D eigenvalue weighted by Crippen LogP contribution is -2.06. The monoisotopic (exact) mass is 184 g/mol. The second-order valence-corrected chi connectivity index (χ2v) is 4.47. The molecule has 1 aromatic rings. The van der Waals surface area contributed by atoms with E-state index >= 15 is 0 Å². The molecule has 0 aliphatic heterocycles. The van der Waals surface area contributed by atoms with Crippen molar-refractivity contribution in [3.63, 3.8) is 0 Å². The van der Waals surface area contributed by atoms with E-state index in [0.717, 1.165) is 0 Å². The van der Waals surface area contributed by atoms with E-state index in [4.69, 9.17) is 0 Å². The molecule has 0 amide bonds. The molecule has 0 aromatic heterocycles. The predicted octanol–water partition coefficient (Wildman–Crippen LogP) is 3.52. The van der Waals surface area contributed by atoms with Gasteiger partial charge in [-0.2, -0.15) is 0 Å². The highest BCUT2D eigenvalue weighted by molar-refractivity contribution is 5.59. The second kappa shape index (κ2) is 3.27. The fourth-order valence-electron chi connectivity index (χ4n) is 2.68. The van der Waals surface area contributed by atoms with Crippen LogP contribution < -0.4 is 0 Å². The average Bonchev–Trinajstić information content (AvgIpc) is 2.26. The van der Waals surface area contributed by atoms with Gasteiger partial charge >= 0.3 is 0 Å². The Morgan fingerprint density at radius 2 is 1.57 bits per heavy atom. The zero-order chi connectivity index (χ0) is 9.38. The van der Waals surface area contributed by atoms with Crippen LogP contribution in [0.2, 0.25) is 0 Å². The summed E-state index contributed by atoms with van der Waals surface area (Å²) in [5, 5.41) is 0. The summed E-state index contributed by atoms with van der Waals surface area (Å²) in [4.78, 5) is 0. The summed E-state index contributed by atoms with van der Waals surface area (Å²) in [5.74, 6) is 0. The van der Waals surface area contributed by atoms with Crippen LogP contribution >= 0.6 is 0 Å². The Morgan fingerprint density at radius 1 is 0.786 bits per heavy atom. The van der Waals surface area contributed by atoms with E-state index in [1.807, 2.05) is 0 Å². The first-order chi connectivity index (χ1) is 6.93. The molecule has 0 saturated heterocycles. The standard InChI is InChI=1S/C14H16/c1-2-6-12-10-14-8-4-3-7-13(14)9-11(12)5-1/h1,5,9-10H,2-4,6-8H2. The van der Waals surface area contributed by atoms with Gasteiger partial charge in [0.05, 0.1) is 0 Å². The van der Waals surface area contributed by atoms with Crippen LogP contribution in [0.25, 0.3) is 6.08 Å². The number of hydrogen-bond donors (Lipinski definition) is 0. The van der Waals surface area contributed by atoms with E-state index in [2.05, 4.69) is 24.3 Å². The Labute approximate surface area is 85.6 Å². The van der Waals surface area contributed by atoms with Crippen LogP contribution in [0, 0.1) is 0 Å². The normalized spacial score (nSPS) is 18.9. The average molecular weight is 184 g/mol. The van der Waals surface area contributed by atoms with Gasteiger partial charge in [0.1, 0.15) is 0 Å². The highest BCUT2D eigenvalue weighted by Gasteiger charge is 2.13. The molecule has 0 atom stereocenters. The molecule has 0 bridgehead atoms. The second-order valence-electron chi connectivity index (χ2n) is 4.47. The van der Waals surface area contributed by atoms with Gasteiger partial charge in [0, 0.05) is 0 Å². The Kier molecular flexibility index (Phi) is 1.93.